The Morgan fingerprint density at radius 2 is 1.69 bits per heavy atom. The number of anilines is 2. The Kier molecular flexibility index (Phi) is 5.03. The van der Waals surface area contributed by atoms with Crippen LogP contribution in [-0.4, -0.2) is 31.5 Å². The van der Waals surface area contributed by atoms with Crippen LogP contribution in [-0.2, 0) is 16.2 Å². The summed E-state index contributed by atoms with van der Waals surface area (Å²) in [5.41, 5.74) is -0.944. The zero-order valence-corrected chi connectivity index (χ0v) is 14.5. The molecule has 10 heteroatoms. The molecule has 0 aliphatic carbocycles. The largest absolute Gasteiger partial charge is 0.416 e. The highest BCUT2D eigenvalue weighted by Crippen LogP contribution is 2.30. The first-order valence-corrected chi connectivity index (χ1v) is 9.51. The molecule has 1 aromatic heterocycles. The quantitative estimate of drug-likeness (QED) is 0.873. The summed E-state index contributed by atoms with van der Waals surface area (Å²) in [6, 6.07) is 3.55. The van der Waals surface area contributed by atoms with Crippen LogP contribution in [0, 0.1) is 0 Å². The number of sulfonamides is 1. The molecule has 0 saturated carbocycles. The summed E-state index contributed by atoms with van der Waals surface area (Å²) in [4.78, 5) is 9.82. The summed E-state index contributed by atoms with van der Waals surface area (Å²) in [7, 11) is -4.18. The fraction of sp³-hybridized carbons (Fsp3) is 0.375. The molecule has 1 saturated heterocycles. The number of aromatic nitrogens is 2. The SMILES string of the molecule is O=S(=O)(Nc1cnc(N2CCCCC2)nc1)c1cccc(C(F)(F)F)c1. The van der Waals surface area contributed by atoms with Crippen LogP contribution in [0.1, 0.15) is 24.8 Å². The number of rotatable bonds is 4. The van der Waals surface area contributed by atoms with Gasteiger partial charge in [-0.25, -0.2) is 18.4 Å². The number of nitrogens with zero attached hydrogens (tertiary/aromatic N) is 3. The van der Waals surface area contributed by atoms with E-state index in [1.165, 1.54) is 12.4 Å². The Balaban J connectivity index is 1.77. The summed E-state index contributed by atoms with van der Waals surface area (Å²) < 4.78 is 65.1. The van der Waals surface area contributed by atoms with E-state index >= 15 is 0 Å². The first kappa shape index (κ1) is 18.4. The van der Waals surface area contributed by atoms with Gasteiger partial charge in [-0.3, -0.25) is 4.72 Å². The highest BCUT2D eigenvalue weighted by atomic mass is 32.2. The van der Waals surface area contributed by atoms with E-state index in [-0.39, 0.29) is 5.69 Å². The fourth-order valence-corrected chi connectivity index (χ4v) is 3.76. The average Bonchev–Trinajstić information content (AvgIpc) is 2.62. The zero-order valence-electron chi connectivity index (χ0n) is 13.7. The number of halogens is 3. The second kappa shape index (κ2) is 7.10. The van der Waals surface area contributed by atoms with Gasteiger partial charge in [-0.05, 0) is 37.5 Å². The second-order valence-electron chi connectivity index (χ2n) is 5.95. The first-order chi connectivity index (χ1) is 12.3. The van der Waals surface area contributed by atoms with E-state index < -0.39 is 26.7 Å². The summed E-state index contributed by atoms with van der Waals surface area (Å²) in [6.45, 7) is 1.69. The highest BCUT2D eigenvalue weighted by Gasteiger charge is 2.31. The van der Waals surface area contributed by atoms with Crippen LogP contribution in [0.25, 0.3) is 0 Å². The van der Waals surface area contributed by atoms with Crippen LogP contribution in [0.2, 0.25) is 0 Å². The molecule has 0 unspecified atom stereocenters. The second-order valence-corrected chi connectivity index (χ2v) is 7.63. The van der Waals surface area contributed by atoms with Crippen molar-refractivity contribution in [1.82, 2.24) is 9.97 Å². The molecule has 0 spiro atoms. The van der Waals surface area contributed by atoms with Gasteiger partial charge in [0.1, 0.15) is 0 Å². The van der Waals surface area contributed by atoms with Crippen LogP contribution in [0.4, 0.5) is 24.8 Å². The van der Waals surface area contributed by atoms with Crippen molar-refractivity contribution in [3.8, 4) is 0 Å². The van der Waals surface area contributed by atoms with Crippen molar-refractivity contribution < 1.29 is 21.6 Å². The molecule has 1 fully saturated rings. The third-order valence-electron chi connectivity index (χ3n) is 4.00. The van der Waals surface area contributed by atoms with Crippen LogP contribution in [0.5, 0.6) is 0 Å². The maximum atomic E-state index is 12.8. The van der Waals surface area contributed by atoms with Crippen molar-refractivity contribution in [2.75, 3.05) is 22.7 Å². The standard InChI is InChI=1S/C16H17F3N4O2S/c17-16(18,19)12-5-4-6-14(9-12)26(24,25)22-13-10-20-15(21-11-13)23-7-2-1-3-8-23/h4-6,9-11,22H,1-3,7-8H2. The van der Waals surface area contributed by atoms with Crippen molar-refractivity contribution in [3.63, 3.8) is 0 Å². The number of benzene rings is 1. The smallest absolute Gasteiger partial charge is 0.341 e. The van der Waals surface area contributed by atoms with Crippen LogP contribution < -0.4 is 9.62 Å². The lowest BCUT2D eigenvalue weighted by Gasteiger charge is -2.26. The molecule has 1 aromatic carbocycles. The summed E-state index contributed by atoms with van der Waals surface area (Å²) in [5.74, 6) is 0.506. The van der Waals surface area contributed by atoms with Crippen LogP contribution >= 0.6 is 0 Å². The zero-order chi connectivity index (χ0) is 18.8. The number of hydrogen-bond donors (Lipinski definition) is 1. The average molecular weight is 386 g/mol. The minimum atomic E-state index is -4.62. The van der Waals surface area contributed by atoms with Gasteiger partial charge in [0.2, 0.25) is 5.95 Å². The molecule has 26 heavy (non-hydrogen) atoms. The molecule has 2 aromatic rings. The van der Waals surface area contributed by atoms with E-state index in [1.807, 2.05) is 4.90 Å². The van der Waals surface area contributed by atoms with Gasteiger partial charge < -0.3 is 4.90 Å². The Morgan fingerprint density at radius 1 is 1.04 bits per heavy atom. The predicted octanol–water partition coefficient (Wildman–Crippen LogP) is 3.29. The Bertz CT molecular complexity index is 864. The van der Waals surface area contributed by atoms with Crippen molar-refractivity contribution in [2.45, 2.75) is 30.3 Å². The van der Waals surface area contributed by atoms with Crippen molar-refractivity contribution in [2.24, 2.45) is 0 Å². The lowest BCUT2D eigenvalue weighted by Crippen LogP contribution is -2.30. The van der Waals surface area contributed by atoms with Gasteiger partial charge in [0.15, 0.2) is 0 Å². The maximum absolute atomic E-state index is 12.8. The number of nitrogens with one attached hydrogen (secondary N) is 1. The highest BCUT2D eigenvalue weighted by molar-refractivity contribution is 7.92. The van der Waals surface area contributed by atoms with Gasteiger partial charge in [0, 0.05) is 13.1 Å². The molecule has 0 bridgehead atoms. The molecule has 0 radical (unpaired) electrons. The van der Waals surface area contributed by atoms with E-state index in [2.05, 4.69) is 14.7 Å². The molecule has 0 atom stereocenters. The van der Waals surface area contributed by atoms with Crippen molar-refractivity contribution >= 4 is 21.7 Å². The topological polar surface area (TPSA) is 75.2 Å². The normalized spacial score (nSPS) is 15.7. The molecule has 2 heterocycles. The summed E-state index contributed by atoms with van der Waals surface area (Å²) in [5, 5.41) is 0. The monoisotopic (exact) mass is 386 g/mol. The lowest BCUT2D eigenvalue weighted by molar-refractivity contribution is -0.137. The number of piperidine rings is 1. The summed E-state index contributed by atoms with van der Waals surface area (Å²) in [6.07, 6.45) is 1.25. The predicted molar refractivity (Wildman–Crippen MR) is 90.3 cm³/mol. The molecular formula is C16H17F3N4O2S. The van der Waals surface area contributed by atoms with Gasteiger partial charge in [-0.2, -0.15) is 13.2 Å². The van der Waals surface area contributed by atoms with Gasteiger partial charge in [-0.1, -0.05) is 6.07 Å². The minimum Gasteiger partial charge on any atom is -0.341 e. The molecule has 1 aliphatic heterocycles. The third kappa shape index (κ3) is 4.24. The Hall–Kier alpha value is -2.36. The van der Waals surface area contributed by atoms with Gasteiger partial charge >= 0.3 is 6.18 Å². The fourth-order valence-electron chi connectivity index (χ4n) is 2.68. The molecule has 3 rings (SSSR count). The summed E-state index contributed by atoms with van der Waals surface area (Å²) >= 11 is 0. The lowest BCUT2D eigenvalue weighted by atomic mass is 10.1. The van der Waals surface area contributed by atoms with Gasteiger partial charge in [-0.15, -0.1) is 0 Å². The van der Waals surface area contributed by atoms with Gasteiger partial charge in [0.25, 0.3) is 10.0 Å². The molecule has 140 valence electrons. The van der Waals surface area contributed by atoms with E-state index in [4.69, 9.17) is 0 Å². The van der Waals surface area contributed by atoms with E-state index in [0.717, 1.165) is 50.6 Å². The maximum Gasteiger partial charge on any atom is 0.416 e. The Labute approximate surface area is 149 Å². The van der Waals surface area contributed by atoms with E-state index in [0.29, 0.717) is 12.0 Å². The Morgan fingerprint density at radius 3 is 2.31 bits per heavy atom. The van der Waals surface area contributed by atoms with Crippen molar-refractivity contribution in [1.29, 1.82) is 0 Å². The van der Waals surface area contributed by atoms with Crippen molar-refractivity contribution in [3.05, 3.63) is 42.2 Å². The number of hydrogen-bond acceptors (Lipinski definition) is 5. The van der Waals surface area contributed by atoms with Gasteiger partial charge in [0.05, 0.1) is 28.5 Å². The first-order valence-electron chi connectivity index (χ1n) is 8.03. The third-order valence-corrected chi connectivity index (χ3v) is 5.38. The van der Waals surface area contributed by atoms with E-state index in [1.54, 1.807) is 0 Å². The molecule has 1 aliphatic rings. The minimum absolute atomic E-state index is 0.0863. The molecular weight excluding hydrogens is 369 g/mol. The van der Waals surface area contributed by atoms with E-state index in [9.17, 15) is 21.6 Å². The molecule has 1 N–H and O–H groups in total. The molecule has 0 amide bonds. The van der Waals surface area contributed by atoms with Crippen LogP contribution in [0.3, 0.4) is 0 Å². The molecule has 6 nitrogen and oxygen atoms in total. The van der Waals surface area contributed by atoms with Crippen LogP contribution in [0.15, 0.2) is 41.6 Å². The number of alkyl halides is 3.